The monoisotopic (exact) mass is 558 g/mol. The van der Waals surface area contributed by atoms with E-state index in [2.05, 4.69) is 5.32 Å². The number of ether oxygens (including phenoxy) is 4. The Morgan fingerprint density at radius 1 is 0.925 bits per heavy atom. The van der Waals surface area contributed by atoms with Gasteiger partial charge in [0.25, 0.3) is 0 Å². The maximum atomic E-state index is 12.6. The maximum Gasteiger partial charge on any atom is 0.408 e. The summed E-state index contributed by atoms with van der Waals surface area (Å²) in [6, 6.07) is 11.6. The van der Waals surface area contributed by atoms with Crippen LogP contribution < -0.4 is 25.3 Å². The maximum absolute atomic E-state index is 12.6. The van der Waals surface area contributed by atoms with Gasteiger partial charge >= 0.3 is 12.1 Å². The number of rotatable bonds is 9. The fourth-order valence-electron chi connectivity index (χ4n) is 4.23. The van der Waals surface area contributed by atoms with Crippen LogP contribution in [0.1, 0.15) is 77.8 Å². The Labute approximate surface area is 238 Å². The van der Waals surface area contributed by atoms with Crippen molar-refractivity contribution in [2.45, 2.75) is 96.4 Å². The number of carboxylic acid groups (broad SMARTS) is 1. The molecule has 3 rings (SSSR count). The molecule has 0 aromatic heterocycles. The van der Waals surface area contributed by atoms with E-state index in [0.717, 1.165) is 5.56 Å². The number of aliphatic carboxylic acids is 1. The molecule has 1 aliphatic rings. The zero-order valence-electron chi connectivity index (χ0n) is 24.9. The highest BCUT2D eigenvalue weighted by atomic mass is 16.6. The molecular formula is C31H46N2O7. The van der Waals surface area contributed by atoms with Gasteiger partial charge in [-0.15, -0.1) is 0 Å². The molecule has 1 aliphatic carbocycles. The van der Waals surface area contributed by atoms with Crippen LogP contribution in [0.25, 0.3) is 0 Å². The minimum absolute atomic E-state index is 0.0909. The van der Waals surface area contributed by atoms with Crippen LogP contribution in [0.3, 0.4) is 0 Å². The fraction of sp³-hybridized carbons (Fsp3) is 0.548. The topological polar surface area (TPSA) is 129 Å². The predicted octanol–water partition coefficient (Wildman–Crippen LogP) is 5.82. The van der Waals surface area contributed by atoms with Gasteiger partial charge in [0, 0.05) is 24.1 Å². The fourth-order valence-corrected chi connectivity index (χ4v) is 4.23. The van der Waals surface area contributed by atoms with Crippen molar-refractivity contribution in [3.05, 3.63) is 53.6 Å². The third kappa shape index (κ3) is 11.3. The molecule has 1 atom stereocenters. The molecule has 2 aromatic rings. The minimum atomic E-state index is -1.16. The first kappa shape index (κ1) is 32.8. The first-order valence-electron chi connectivity index (χ1n) is 13.7. The number of carbonyl (C=O) groups is 2. The van der Waals surface area contributed by atoms with E-state index >= 15 is 0 Å². The molecule has 4 N–H and O–H groups in total. The number of benzene rings is 2. The molecule has 0 saturated heterocycles. The molecule has 2 aromatic carbocycles. The van der Waals surface area contributed by atoms with Crippen LogP contribution in [-0.4, -0.2) is 49.1 Å². The van der Waals surface area contributed by atoms with Crippen molar-refractivity contribution in [2.75, 3.05) is 14.2 Å². The number of nitrogens with two attached hydrogens (primary N) is 1. The number of nitrogens with one attached hydrogen (secondary N) is 1. The van der Waals surface area contributed by atoms with Gasteiger partial charge < -0.3 is 35.1 Å². The number of hydrogen-bond donors (Lipinski definition) is 3. The van der Waals surface area contributed by atoms with Gasteiger partial charge in [-0.3, -0.25) is 0 Å². The number of hydrogen-bond acceptors (Lipinski definition) is 7. The van der Waals surface area contributed by atoms with Gasteiger partial charge in [0.2, 0.25) is 0 Å². The number of carbonyl (C=O) groups excluding carboxylic acids is 1. The second-order valence-corrected chi connectivity index (χ2v) is 11.5. The summed E-state index contributed by atoms with van der Waals surface area (Å²) >= 11 is 0. The van der Waals surface area contributed by atoms with Crippen LogP contribution in [0.4, 0.5) is 4.79 Å². The van der Waals surface area contributed by atoms with Crippen LogP contribution in [0.5, 0.6) is 17.2 Å². The van der Waals surface area contributed by atoms with E-state index in [-0.39, 0.29) is 12.0 Å². The second-order valence-electron chi connectivity index (χ2n) is 11.5. The molecule has 40 heavy (non-hydrogen) atoms. The number of methoxy groups -OCH3 is 2. The zero-order valence-corrected chi connectivity index (χ0v) is 24.9. The summed E-state index contributed by atoms with van der Waals surface area (Å²) < 4.78 is 21.9. The molecular weight excluding hydrogens is 512 g/mol. The van der Waals surface area contributed by atoms with Gasteiger partial charge in [0.15, 0.2) is 0 Å². The highest BCUT2D eigenvalue weighted by molar-refractivity contribution is 5.80. The lowest BCUT2D eigenvalue weighted by Crippen LogP contribution is -2.44. The van der Waals surface area contributed by atoms with Crippen molar-refractivity contribution >= 4 is 12.1 Å². The SMILES string of the molecule is COc1cc(OC)cc(C(C)(C)OC(=O)N[C@@H](Cc2ccc(OC(C)(C)C)cc2)C(=O)O)c1.NC1CCCCC1. The number of amides is 1. The van der Waals surface area contributed by atoms with Gasteiger partial charge in [-0.2, -0.15) is 0 Å². The Balaban J connectivity index is 0.000000693. The molecule has 1 saturated carbocycles. The van der Waals surface area contributed by atoms with Crippen molar-refractivity contribution in [3.8, 4) is 17.2 Å². The van der Waals surface area contributed by atoms with E-state index in [4.69, 9.17) is 24.7 Å². The van der Waals surface area contributed by atoms with Crippen LogP contribution in [-0.2, 0) is 21.6 Å². The predicted molar refractivity (Wildman–Crippen MR) is 155 cm³/mol. The quantitative estimate of drug-likeness (QED) is 0.351. The van der Waals surface area contributed by atoms with Gasteiger partial charge in [0.05, 0.1) is 14.2 Å². The summed E-state index contributed by atoms with van der Waals surface area (Å²) in [6.07, 6.45) is 5.91. The average Bonchev–Trinajstić information content (AvgIpc) is 2.88. The van der Waals surface area contributed by atoms with E-state index in [1.54, 1.807) is 56.3 Å². The van der Waals surface area contributed by atoms with E-state index < -0.39 is 23.7 Å². The van der Waals surface area contributed by atoms with Gasteiger partial charge in [-0.05, 0) is 77.3 Å². The summed E-state index contributed by atoms with van der Waals surface area (Å²) in [5, 5.41) is 12.1. The van der Waals surface area contributed by atoms with Crippen molar-refractivity contribution in [1.82, 2.24) is 5.32 Å². The normalized spacial score (nSPS) is 14.7. The molecule has 0 bridgehead atoms. The minimum Gasteiger partial charge on any atom is -0.497 e. The Kier molecular flexibility index (Phi) is 12.1. The Hall–Kier alpha value is -3.46. The second kappa shape index (κ2) is 14.8. The van der Waals surface area contributed by atoms with Crippen molar-refractivity contribution in [3.63, 3.8) is 0 Å². The van der Waals surface area contributed by atoms with Gasteiger partial charge in [-0.1, -0.05) is 31.4 Å². The average molecular weight is 559 g/mol. The van der Waals surface area contributed by atoms with Gasteiger partial charge in [0.1, 0.15) is 34.5 Å². The Morgan fingerprint density at radius 2 is 1.48 bits per heavy atom. The summed E-state index contributed by atoms with van der Waals surface area (Å²) in [5.74, 6) is 0.608. The highest BCUT2D eigenvalue weighted by Crippen LogP contribution is 2.32. The molecule has 222 valence electrons. The molecule has 9 heteroatoms. The molecule has 0 radical (unpaired) electrons. The third-order valence-corrected chi connectivity index (χ3v) is 6.42. The number of carboxylic acids is 1. The molecule has 9 nitrogen and oxygen atoms in total. The van der Waals surface area contributed by atoms with Crippen LogP contribution in [0.15, 0.2) is 42.5 Å². The third-order valence-electron chi connectivity index (χ3n) is 6.42. The first-order valence-corrected chi connectivity index (χ1v) is 13.7. The lowest BCUT2D eigenvalue weighted by Gasteiger charge is -2.27. The standard InChI is InChI=1S/C25H33NO7.C6H13N/c1-24(2,3)32-18-10-8-16(9-11-18)12-21(22(27)28)26-23(29)33-25(4,5)17-13-19(30-6)15-20(14-17)31-7;7-6-4-2-1-3-5-6/h8-11,13-15,21H,12H2,1-7H3,(H,26,29)(H,27,28);6H,1-5,7H2/t21-;/m0./s1. The van der Waals surface area contributed by atoms with Crippen LogP contribution in [0.2, 0.25) is 0 Å². The van der Waals surface area contributed by atoms with Crippen molar-refractivity contribution in [2.24, 2.45) is 5.73 Å². The summed E-state index contributed by atoms with van der Waals surface area (Å²) in [5.41, 5.74) is 5.60. The molecule has 1 fully saturated rings. The summed E-state index contributed by atoms with van der Waals surface area (Å²) in [7, 11) is 3.05. The van der Waals surface area contributed by atoms with Crippen molar-refractivity contribution in [1.29, 1.82) is 0 Å². The number of alkyl carbamates (subject to hydrolysis) is 1. The van der Waals surface area contributed by atoms with Gasteiger partial charge in [-0.25, -0.2) is 9.59 Å². The Bertz CT molecular complexity index is 1070. The van der Waals surface area contributed by atoms with Crippen molar-refractivity contribution < 1.29 is 33.6 Å². The summed E-state index contributed by atoms with van der Waals surface area (Å²) in [4.78, 5) is 24.3. The lowest BCUT2D eigenvalue weighted by atomic mass is 9.97. The lowest BCUT2D eigenvalue weighted by molar-refractivity contribution is -0.139. The van der Waals surface area contributed by atoms with E-state index in [0.29, 0.717) is 28.9 Å². The van der Waals surface area contributed by atoms with Crippen LogP contribution in [0, 0.1) is 0 Å². The molecule has 1 amide bonds. The van der Waals surface area contributed by atoms with E-state index in [9.17, 15) is 14.7 Å². The summed E-state index contributed by atoms with van der Waals surface area (Å²) in [6.45, 7) is 9.23. The molecule has 0 unspecified atom stereocenters. The highest BCUT2D eigenvalue weighted by Gasteiger charge is 2.29. The zero-order chi connectivity index (χ0) is 29.9. The smallest absolute Gasteiger partial charge is 0.408 e. The van der Waals surface area contributed by atoms with E-state index in [1.165, 1.54) is 46.3 Å². The van der Waals surface area contributed by atoms with Crippen LogP contribution >= 0.6 is 0 Å². The Morgan fingerprint density at radius 3 is 1.90 bits per heavy atom. The molecule has 0 aliphatic heterocycles. The first-order chi connectivity index (χ1) is 18.7. The largest absolute Gasteiger partial charge is 0.497 e. The molecule has 0 heterocycles. The van der Waals surface area contributed by atoms with E-state index in [1.807, 2.05) is 20.8 Å². The molecule has 0 spiro atoms.